The maximum atomic E-state index is 12.5. The van der Waals surface area contributed by atoms with Gasteiger partial charge in [0, 0.05) is 12.1 Å². The lowest BCUT2D eigenvalue weighted by Gasteiger charge is -2.29. The van der Waals surface area contributed by atoms with Gasteiger partial charge in [0.25, 0.3) is 5.91 Å². The van der Waals surface area contributed by atoms with E-state index in [2.05, 4.69) is 4.74 Å². The summed E-state index contributed by atoms with van der Waals surface area (Å²) in [5, 5.41) is 9.82. The van der Waals surface area contributed by atoms with Gasteiger partial charge in [-0.2, -0.15) is 8.78 Å². The Kier molecular flexibility index (Phi) is 5.08. The van der Waals surface area contributed by atoms with Gasteiger partial charge in [-0.3, -0.25) is 4.79 Å². The molecular formula is C14H17F2NO4. The van der Waals surface area contributed by atoms with Gasteiger partial charge >= 0.3 is 6.61 Å². The van der Waals surface area contributed by atoms with Crippen molar-refractivity contribution in [2.75, 3.05) is 19.8 Å². The molecule has 0 radical (unpaired) electrons. The van der Waals surface area contributed by atoms with E-state index in [-0.39, 0.29) is 30.4 Å². The van der Waals surface area contributed by atoms with E-state index in [1.807, 2.05) is 0 Å². The second-order valence-corrected chi connectivity index (χ2v) is 4.67. The molecule has 0 saturated carbocycles. The molecule has 1 aromatic carbocycles. The number of alkyl halides is 2. The van der Waals surface area contributed by atoms with E-state index in [1.54, 1.807) is 6.92 Å². The van der Waals surface area contributed by atoms with E-state index < -0.39 is 18.8 Å². The Bertz CT molecular complexity index is 498. The Hall–Kier alpha value is -1.73. The van der Waals surface area contributed by atoms with Crippen LogP contribution in [0.4, 0.5) is 8.78 Å². The zero-order valence-corrected chi connectivity index (χ0v) is 11.5. The van der Waals surface area contributed by atoms with Crippen LogP contribution >= 0.6 is 0 Å². The summed E-state index contributed by atoms with van der Waals surface area (Å²) < 4.78 is 33.8. The van der Waals surface area contributed by atoms with Gasteiger partial charge in [0.15, 0.2) is 0 Å². The molecule has 0 aromatic heterocycles. The number of benzene rings is 1. The third-order valence-corrected chi connectivity index (χ3v) is 3.33. The van der Waals surface area contributed by atoms with Crippen LogP contribution in [-0.2, 0) is 4.74 Å². The standard InChI is InChI=1S/C14H17F2NO4/c1-2-17(11-7-20-8-12(11)18)13(19)9-4-3-5-10(6-9)21-14(15)16/h3-6,11-12,14,18H,2,7-8H2,1H3/t11-,12-/m0/s1. The molecule has 1 saturated heterocycles. The second-order valence-electron chi connectivity index (χ2n) is 4.67. The molecule has 0 unspecified atom stereocenters. The van der Waals surface area contributed by atoms with Crippen LogP contribution in [0.15, 0.2) is 24.3 Å². The fourth-order valence-electron chi connectivity index (χ4n) is 2.33. The van der Waals surface area contributed by atoms with Crippen LogP contribution in [-0.4, -0.2) is 54.4 Å². The average molecular weight is 301 g/mol. The summed E-state index contributed by atoms with van der Waals surface area (Å²) in [6.07, 6.45) is -0.741. The molecule has 1 heterocycles. The zero-order valence-electron chi connectivity index (χ0n) is 11.5. The van der Waals surface area contributed by atoms with Crippen LogP contribution in [0, 0.1) is 0 Å². The highest BCUT2D eigenvalue weighted by Gasteiger charge is 2.34. The SMILES string of the molecule is CCN(C(=O)c1cccc(OC(F)F)c1)[C@H]1COC[C@@H]1O. The van der Waals surface area contributed by atoms with Crippen LogP contribution in [0.1, 0.15) is 17.3 Å². The quantitative estimate of drug-likeness (QED) is 0.895. The zero-order chi connectivity index (χ0) is 15.4. The maximum Gasteiger partial charge on any atom is 0.387 e. The van der Waals surface area contributed by atoms with Gasteiger partial charge in [0.2, 0.25) is 0 Å². The molecule has 1 amide bonds. The minimum atomic E-state index is -2.94. The van der Waals surface area contributed by atoms with Crippen molar-refractivity contribution in [3.8, 4) is 5.75 Å². The molecule has 5 nitrogen and oxygen atoms in total. The molecule has 0 spiro atoms. The van der Waals surface area contributed by atoms with Crippen LogP contribution in [0.3, 0.4) is 0 Å². The number of carbonyl (C=O) groups is 1. The Balaban J connectivity index is 2.17. The van der Waals surface area contributed by atoms with Crippen LogP contribution in [0.5, 0.6) is 5.75 Å². The Morgan fingerprint density at radius 3 is 2.86 bits per heavy atom. The minimum absolute atomic E-state index is 0.0740. The van der Waals surface area contributed by atoms with Gasteiger partial charge in [-0.1, -0.05) is 6.07 Å². The third-order valence-electron chi connectivity index (χ3n) is 3.33. The molecule has 0 aliphatic carbocycles. The van der Waals surface area contributed by atoms with Gasteiger partial charge in [0.1, 0.15) is 5.75 Å². The Morgan fingerprint density at radius 2 is 2.29 bits per heavy atom. The molecule has 1 aliphatic rings. The van der Waals surface area contributed by atoms with Gasteiger partial charge in [-0.05, 0) is 25.1 Å². The predicted octanol–water partition coefficient (Wildman–Crippen LogP) is 1.51. The van der Waals surface area contributed by atoms with E-state index >= 15 is 0 Å². The molecule has 116 valence electrons. The molecule has 2 rings (SSSR count). The minimum Gasteiger partial charge on any atom is -0.435 e. The molecule has 21 heavy (non-hydrogen) atoms. The van der Waals surface area contributed by atoms with Crippen LogP contribution in [0.2, 0.25) is 0 Å². The Labute approximate surface area is 121 Å². The van der Waals surface area contributed by atoms with E-state index in [0.717, 1.165) is 0 Å². The maximum absolute atomic E-state index is 12.5. The van der Waals surface area contributed by atoms with Crippen molar-refractivity contribution in [3.05, 3.63) is 29.8 Å². The smallest absolute Gasteiger partial charge is 0.387 e. The number of aliphatic hydroxyl groups excluding tert-OH is 1. The van der Waals surface area contributed by atoms with Crippen molar-refractivity contribution in [3.63, 3.8) is 0 Å². The highest BCUT2D eigenvalue weighted by molar-refractivity contribution is 5.94. The number of hydrogen-bond donors (Lipinski definition) is 1. The molecule has 7 heteroatoms. The second kappa shape index (κ2) is 6.82. The number of hydrogen-bond acceptors (Lipinski definition) is 4. The van der Waals surface area contributed by atoms with E-state index in [4.69, 9.17) is 4.74 Å². The van der Waals surface area contributed by atoms with Crippen molar-refractivity contribution in [2.24, 2.45) is 0 Å². The lowest BCUT2D eigenvalue weighted by molar-refractivity contribution is -0.0499. The lowest BCUT2D eigenvalue weighted by Crippen LogP contribution is -2.46. The molecule has 0 bridgehead atoms. The highest BCUT2D eigenvalue weighted by Crippen LogP contribution is 2.20. The monoisotopic (exact) mass is 301 g/mol. The summed E-state index contributed by atoms with van der Waals surface area (Å²) in [6, 6.07) is 5.18. The van der Waals surface area contributed by atoms with E-state index in [9.17, 15) is 18.7 Å². The summed E-state index contributed by atoms with van der Waals surface area (Å²) in [5.74, 6) is -0.429. The molecule has 1 N–H and O–H groups in total. The summed E-state index contributed by atoms with van der Waals surface area (Å²) in [7, 11) is 0. The van der Waals surface area contributed by atoms with Crippen LogP contribution in [0.25, 0.3) is 0 Å². The normalized spacial score (nSPS) is 21.6. The van der Waals surface area contributed by atoms with E-state index in [1.165, 1.54) is 29.2 Å². The molecule has 2 atom stereocenters. The fourth-order valence-corrected chi connectivity index (χ4v) is 2.33. The molecule has 1 aromatic rings. The van der Waals surface area contributed by atoms with Gasteiger partial charge in [-0.25, -0.2) is 0 Å². The third kappa shape index (κ3) is 3.68. The molecular weight excluding hydrogens is 284 g/mol. The van der Waals surface area contributed by atoms with Crippen molar-refractivity contribution < 1.29 is 28.2 Å². The highest BCUT2D eigenvalue weighted by atomic mass is 19.3. The fraction of sp³-hybridized carbons (Fsp3) is 0.500. The van der Waals surface area contributed by atoms with Gasteiger partial charge < -0.3 is 19.5 Å². The molecule has 1 fully saturated rings. The average Bonchev–Trinajstić information content (AvgIpc) is 2.85. The number of aliphatic hydroxyl groups is 1. The predicted molar refractivity (Wildman–Crippen MR) is 70.4 cm³/mol. The van der Waals surface area contributed by atoms with Crippen molar-refractivity contribution in [2.45, 2.75) is 25.7 Å². The van der Waals surface area contributed by atoms with Crippen LogP contribution < -0.4 is 4.74 Å². The number of nitrogens with zero attached hydrogens (tertiary/aromatic N) is 1. The van der Waals surface area contributed by atoms with Crippen molar-refractivity contribution in [1.82, 2.24) is 4.90 Å². The summed E-state index contributed by atoms with van der Waals surface area (Å²) in [4.78, 5) is 13.9. The number of halogens is 2. The molecule has 1 aliphatic heterocycles. The van der Waals surface area contributed by atoms with E-state index in [0.29, 0.717) is 6.54 Å². The first kappa shape index (κ1) is 15.7. The first-order valence-corrected chi connectivity index (χ1v) is 6.64. The topological polar surface area (TPSA) is 59.0 Å². The van der Waals surface area contributed by atoms with Gasteiger partial charge in [-0.15, -0.1) is 0 Å². The number of carbonyl (C=O) groups excluding carboxylic acids is 1. The summed E-state index contributed by atoms with van der Waals surface area (Å²) in [5.41, 5.74) is 0.231. The number of rotatable bonds is 5. The number of likely N-dealkylation sites (N-methyl/N-ethyl adjacent to an activating group) is 1. The van der Waals surface area contributed by atoms with Gasteiger partial charge in [0.05, 0.1) is 25.4 Å². The number of ether oxygens (including phenoxy) is 2. The summed E-state index contributed by atoms with van der Waals surface area (Å²) >= 11 is 0. The lowest BCUT2D eigenvalue weighted by atomic mass is 10.1. The van der Waals surface area contributed by atoms with Crippen molar-refractivity contribution >= 4 is 5.91 Å². The first-order valence-electron chi connectivity index (χ1n) is 6.64. The first-order chi connectivity index (χ1) is 10.0. The van der Waals surface area contributed by atoms with Crippen molar-refractivity contribution in [1.29, 1.82) is 0 Å². The largest absolute Gasteiger partial charge is 0.435 e. The summed E-state index contributed by atoms with van der Waals surface area (Å²) in [6.45, 7) is -0.342. The Morgan fingerprint density at radius 1 is 1.52 bits per heavy atom. The number of amides is 1.